The van der Waals surface area contributed by atoms with Gasteiger partial charge in [-0.1, -0.05) is 43.2 Å². The number of carbonyl (C=O) groups is 3. The van der Waals surface area contributed by atoms with E-state index in [1.54, 1.807) is 17.0 Å². The maximum Gasteiger partial charge on any atom is 0.311 e. The van der Waals surface area contributed by atoms with Crippen molar-refractivity contribution in [2.24, 2.45) is 5.92 Å². The number of amides is 2. The number of hydrogen-bond acceptors (Lipinski definition) is 4. The second kappa shape index (κ2) is 10.1. The largest absolute Gasteiger partial charge is 0.455 e. The molecule has 0 unspecified atom stereocenters. The fourth-order valence-electron chi connectivity index (χ4n) is 3.43. The number of hydrogen-bond donors (Lipinski definition) is 1. The molecule has 2 amide bonds. The Morgan fingerprint density at radius 2 is 1.80 bits per heavy atom. The molecule has 30 heavy (non-hydrogen) atoms. The molecule has 1 N–H and O–H groups in total. The summed E-state index contributed by atoms with van der Waals surface area (Å²) in [5.41, 5.74) is 3.76. The van der Waals surface area contributed by atoms with Crippen LogP contribution in [0, 0.1) is 12.8 Å². The van der Waals surface area contributed by atoms with Crippen molar-refractivity contribution in [3.63, 3.8) is 0 Å². The maximum absolute atomic E-state index is 12.4. The van der Waals surface area contributed by atoms with Gasteiger partial charge in [-0.25, -0.2) is 0 Å². The third-order valence-corrected chi connectivity index (χ3v) is 5.21. The fraction of sp³-hybridized carbons (Fsp3) is 0.375. The molecule has 2 aromatic rings. The molecule has 1 saturated heterocycles. The normalized spacial score (nSPS) is 15.9. The number of rotatable bonds is 8. The number of nitrogens with zero attached hydrogens (tertiary/aromatic N) is 1. The summed E-state index contributed by atoms with van der Waals surface area (Å²) in [6.45, 7) is 4.01. The zero-order valence-corrected chi connectivity index (χ0v) is 17.5. The Labute approximate surface area is 177 Å². The topological polar surface area (TPSA) is 75.7 Å². The number of esters is 1. The van der Waals surface area contributed by atoms with E-state index in [4.69, 9.17) is 4.74 Å². The molecule has 0 spiro atoms. The first kappa shape index (κ1) is 21.6. The van der Waals surface area contributed by atoms with Crippen LogP contribution in [0.15, 0.2) is 48.5 Å². The molecule has 0 aromatic heterocycles. The monoisotopic (exact) mass is 408 g/mol. The SMILES string of the molecule is CCCCc1ccc(N2C[C@H](C(=O)OCC(=O)Nc3ccc(C)cc3)CC2=O)cc1. The number of anilines is 2. The molecule has 1 aliphatic heterocycles. The van der Waals surface area contributed by atoms with Crippen LogP contribution in [0.25, 0.3) is 0 Å². The molecule has 0 bridgehead atoms. The van der Waals surface area contributed by atoms with Crippen LogP contribution in [0.2, 0.25) is 0 Å². The van der Waals surface area contributed by atoms with E-state index in [1.807, 2.05) is 43.3 Å². The Morgan fingerprint density at radius 3 is 2.47 bits per heavy atom. The smallest absolute Gasteiger partial charge is 0.311 e. The van der Waals surface area contributed by atoms with Crippen molar-refractivity contribution in [2.75, 3.05) is 23.4 Å². The van der Waals surface area contributed by atoms with Gasteiger partial charge in [0.15, 0.2) is 6.61 Å². The highest BCUT2D eigenvalue weighted by atomic mass is 16.5. The standard InChI is InChI=1S/C24H28N2O4/c1-3-4-5-18-8-12-21(13-9-18)26-15-19(14-23(26)28)24(29)30-16-22(27)25-20-10-6-17(2)7-11-20/h6-13,19H,3-5,14-16H2,1-2H3,(H,25,27)/t19-/m1/s1. The Hall–Kier alpha value is -3.15. The van der Waals surface area contributed by atoms with Crippen LogP contribution in [0.3, 0.4) is 0 Å². The first-order valence-electron chi connectivity index (χ1n) is 10.4. The van der Waals surface area contributed by atoms with E-state index >= 15 is 0 Å². The minimum absolute atomic E-state index is 0.0933. The third kappa shape index (κ3) is 5.69. The van der Waals surface area contributed by atoms with Crippen molar-refractivity contribution in [2.45, 2.75) is 39.5 Å². The number of unbranched alkanes of at least 4 members (excludes halogenated alkanes) is 1. The van der Waals surface area contributed by atoms with Gasteiger partial charge in [0.1, 0.15) is 0 Å². The molecular formula is C24H28N2O4. The third-order valence-electron chi connectivity index (χ3n) is 5.21. The van der Waals surface area contributed by atoms with E-state index < -0.39 is 17.8 Å². The maximum atomic E-state index is 12.4. The molecule has 6 heteroatoms. The van der Waals surface area contributed by atoms with Gasteiger partial charge in [-0.15, -0.1) is 0 Å². The summed E-state index contributed by atoms with van der Waals surface area (Å²) >= 11 is 0. The molecule has 0 radical (unpaired) electrons. The highest BCUT2D eigenvalue weighted by Crippen LogP contribution is 2.26. The van der Waals surface area contributed by atoms with E-state index in [0.29, 0.717) is 5.69 Å². The average molecular weight is 408 g/mol. The first-order valence-corrected chi connectivity index (χ1v) is 10.4. The van der Waals surface area contributed by atoms with E-state index in [-0.39, 0.29) is 25.5 Å². The van der Waals surface area contributed by atoms with E-state index in [9.17, 15) is 14.4 Å². The molecule has 3 rings (SSSR count). The highest BCUT2D eigenvalue weighted by Gasteiger charge is 2.36. The van der Waals surface area contributed by atoms with Crippen LogP contribution in [0.5, 0.6) is 0 Å². The van der Waals surface area contributed by atoms with Crippen LogP contribution in [-0.4, -0.2) is 30.9 Å². The molecule has 1 aliphatic rings. The van der Waals surface area contributed by atoms with Crippen LogP contribution >= 0.6 is 0 Å². The number of aryl methyl sites for hydroxylation is 2. The molecular weight excluding hydrogens is 380 g/mol. The predicted octanol–water partition coefficient (Wildman–Crippen LogP) is 3.87. The number of benzene rings is 2. The lowest BCUT2D eigenvalue weighted by atomic mass is 10.1. The Morgan fingerprint density at radius 1 is 1.10 bits per heavy atom. The second-order valence-electron chi connectivity index (χ2n) is 7.70. The zero-order chi connectivity index (χ0) is 21.5. The van der Waals surface area contributed by atoms with Crippen molar-refractivity contribution in [3.8, 4) is 0 Å². The lowest BCUT2D eigenvalue weighted by Crippen LogP contribution is -2.28. The Balaban J connectivity index is 1.49. The van der Waals surface area contributed by atoms with Gasteiger partial charge in [-0.3, -0.25) is 14.4 Å². The van der Waals surface area contributed by atoms with Crippen LogP contribution in [0.4, 0.5) is 11.4 Å². The van der Waals surface area contributed by atoms with Crippen molar-refractivity contribution >= 4 is 29.2 Å². The second-order valence-corrected chi connectivity index (χ2v) is 7.70. The molecule has 0 aliphatic carbocycles. The first-order chi connectivity index (χ1) is 14.5. The van der Waals surface area contributed by atoms with Gasteiger partial charge in [0, 0.05) is 24.3 Å². The van der Waals surface area contributed by atoms with Crippen molar-refractivity contribution in [1.29, 1.82) is 0 Å². The van der Waals surface area contributed by atoms with Gasteiger partial charge < -0.3 is 15.0 Å². The van der Waals surface area contributed by atoms with Gasteiger partial charge >= 0.3 is 5.97 Å². The Bertz CT molecular complexity index is 890. The lowest BCUT2D eigenvalue weighted by molar-refractivity contribution is -0.151. The predicted molar refractivity (Wildman–Crippen MR) is 116 cm³/mol. The van der Waals surface area contributed by atoms with Crippen LogP contribution in [-0.2, 0) is 25.5 Å². The molecule has 158 valence electrons. The molecule has 2 aromatic carbocycles. The van der Waals surface area contributed by atoms with Gasteiger partial charge in [-0.05, 0) is 49.6 Å². The van der Waals surface area contributed by atoms with Crippen LogP contribution < -0.4 is 10.2 Å². The summed E-state index contributed by atoms with van der Waals surface area (Å²) in [5, 5.41) is 2.68. The number of nitrogens with one attached hydrogen (secondary N) is 1. The number of carbonyl (C=O) groups excluding carboxylic acids is 3. The van der Waals surface area contributed by atoms with Gasteiger partial charge in [0.2, 0.25) is 5.91 Å². The van der Waals surface area contributed by atoms with E-state index in [0.717, 1.165) is 30.5 Å². The molecule has 6 nitrogen and oxygen atoms in total. The van der Waals surface area contributed by atoms with E-state index in [1.165, 1.54) is 5.56 Å². The summed E-state index contributed by atoms with van der Waals surface area (Å²) in [6, 6.07) is 15.2. The van der Waals surface area contributed by atoms with Gasteiger partial charge in [0.05, 0.1) is 5.92 Å². The highest BCUT2D eigenvalue weighted by molar-refractivity contribution is 6.00. The summed E-state index contributed by atoms with van der Waals surface area (Å²) in [7, 11) is 0. The van der Waals surface area contributed by atoms with E-state index in [2.05, 4.69) is 12.2 Å². The summed E-state index contributed by atoms with van der Waals surface area (Å²) in [4.78, 5) is 38.4. The van der Waals surface area contributed by atoms with Gasteiger partial charge in [0.25, 0.3) is 5.91 Å². The summed E-state index contributed by atoms with van der Waals surface area (Å²) in [6.07, 6.45) is 3.38. The summed E-state index contributed by atoms with van der Waals surface area (Å²) in [5.74, 6) is -1.60. The molecule has 1 heterocycles. The summed E-state index contributed by atoms with van der Waals surface area (Å²) < 4.78 is 5.15. The van der Waals surface area contributed by atoms with Gasteiger partial charge in [-0.2, -0.15) is 0 Å². The van der Waals surface area contributed by atoms with Crippen LogP contribution in [0.1, 0.15) is 37.3 Å². The Kier molecular flexibility index (Phi) is 7.22. The molecule has 0 saturated carbocycles. The van der Waals surface area contributed by atoms with Crippen molar-refractivity contribution < 1.29 is 19.1 Å². The molecule has 1 atom stereocenters. The quantitative estimate of drug-likeness (QED) is 0.673. The van der Waals surface area contributed by atoms with Crippen molar-refractivity contribution in [1.82, 2.24) is 0 Å². The minimum Gasteiger partial charge on any atom is -0.455 e. The van der Waals surface area contributed by atoms with Crippen molar-refractivity contribution in [3.05, 3.63) is 59.7 Å². The minimum atomic E-state index is -0.565. The fourth-order valence-corrected chi connectivity index (χ4v) is 3.43. The zero-order valence-electron chi connectivity index (χ0n) is 17.5. The lowest BCUT2D eigenvalue weighted by Gasteiger charge is -2.17. The number of ether oxygens (including phenoxy) is 1. The molecule has 1 fully saturated rings. The average Bonchev–Trinajstić information content (AvgIpc) is 3.14.